The van der Waals surface area contributed by atoms with Crippen LogP contribution in [-0.2, 0) is 9.53 Å². The number of hydrazine groups is 1. The lowest BCUT2D eigenvalue weighted by atomic mass is 9.85. The van der Waals surface area contributed by atoms with Gasteiger partial charge in [-0.15, -0.1) is 0 Å². The van der Waals surface area contributed by atoms with Gasteiger partial charge < -0.3 is 4.74 Å². The maximum absolute atomic E-state index is 11.8. The van der Waals surface area contributed by atoms with Crippen LogP contribution < -0.4 is 5.43 Å². The second-order valence-corrected chi connectivity index (χ2v) is 6.09. The molecule has 98 valence electrons. The van der Waals surface area contributed by atoms with Crippen molar-refractivity contribution in [2.24, 2.45) is 5.92 Å². The molecule has 1 aliphatic carbocycles. The highest BCUT2D eigenvalue weighted by Gasteiger charge is 2.41. The molecule has 2 unspecified atom stereocenters. The largest absolute Gasteiger partial charge is 0.374 e. The number of rotatable bonds is 3. The SMILES string of the molecule is CC(C)(C)OCCN1NC(=O)C2CCCCC21. The molecule has 17 heavy (non-hydrogen) atoms. The zero-order valence-electron chi connectivity index (χ0n) is 11.2. The first-order valence-electron chi connectivity index (χ1n) is 6.68. The van der Waals surface area contributed by atoms with Gasteiger partial charge in [-0.05, 0) is 33.6 Å². The molecule has 1 N–H and O–H groups in total. The molecule has 2 fully saturated rings. The molecular weight excluding hydrogens is 216 g/mol. The van der Waals surface area contributed by atoms with E-state index in [0.29, 0.717) is 12.6 Å². The van der Waals surface area contributed by atoms with Gasteiger partial charge in [0.25, 0.3) is 0 Å². The fourth-order valence-corrected chi connectivity index (χ4v) is 2.77. The van der Waals surface area contributed by atoms with Crippen LogP contribution in [0.25, 0.3) is 0 Å². The number of ether oxygens (including phenoxy) is 1. The number of hydrogen-bond acceptors (Lipinski definition) is 3. The Bertz CT molecular complexity index is 286. The number of carbonyl (C=O) groups is 1. The summed E-state index contributed by atoms with van der Waals surface area (Å²) in [5.74, 6) is 0.434. The van der Waals surface area contributed by atoms with E-state index in [1.54, 1.807) is 0 Å². The molecule has 1 heterocycles. The number of carbonyl (C=O) groups excluding carboxylic acids is 1. The van der Waals surface area contributed by atoms with Gasteiger partial charge in [0.2, 0.25) is 5.91 Å². The van der Waals surface area contributed by atoms with Gasteiger partial charge in [-0.25, -0.2) is 5.01 Å². The van der Waals surface area contributed by atoms with Crippen LogP contribution in [0.1, 0.15) is 46.5 Å². The van der Waals surface area contributed by atoms with Gasteiger partial charge >= 0.3 is 0 Å². The molecule has 4 heteroatoms. The molecule has 1 saturated heterocycles. The predicted molar refractivity (Wildman–Crippen MR) is 66.3 cm³/mol. The predicted octanol–water partition coefficient (Wildman–Crippen LogP) is 1.71. The summed E-state index contributed by atoms with van der Waals surface area (Å²) >= 11 is 0. The van der Waals surface area contributed by atoms with Gasteiger partial charge in [0.15, 0.2) is 0 Å². The molecule has 0 aromatic rings. The fourth-order valence-electron chi connectivity index (χ4n) is 2.77. The topological polar surface area (TPSA) is 41.6 Å². The summed E-state index contributed by atoms with van der Waals surface area (Å²) in [7, 11) is 0. The highest BCUT2D eigenvalue weighted by molar-refractivity contribution is 5.81. The molecule has 1 amide bonds. The third-order valence-corrected chi connectivity index (χ3v) is 3.59. The summed E-state index contributed by atoms with van der Waals surface area (Å²) in [5, 5.41) is 2.10. The van der Waals surface area contributed by atoms with Crippen molar-refractivity contribution < 1.29 is 9.53 Å². The summed E-state index contributed by atoms with van der Waals surface area (Å²) in [5.41, 5.74) is 2.90. The van der Waals surface area contributed by atoms with Gasteiger partial charge in [-0.1, -0.05) is 12.8 Å². The summed E-state index contributed by atoms with van der Waals surface area (Å²) in [6.45, 7) is 7.63. The number of fused-ring (bicyclic) bond motifs is 1. The van der Waals surface area contributed by atoms with Gasteiger partial charge in [0.1, 0.15) is 0 Å². The van der Waals surface area contributed by atoms with E-state index in [-0.39, 0.29) is 17.4 Å². The minimum atomic E-state index is -0.101. The average molecular weight is 240 g/mol. The Labute approximate surface area is 104 Å². The van der Waals surface area contributed by atoms with Crippen LogP contribution in [0.4, 0.5) is 0 Å². The van der Waals surface area contributed by atoms with Crippen molar-refractivity contribution in [1.29, 1.82) is 0 Å². The number of hydrogen-bond donors (Lipinski definition) is 1. The molecule has 0 radical (unpaired) electrons. The van der Waals surface area contributed by atoms with E-state index in [2.05, 4.69) is 31.2 Å². The lowest BCUT2D eigenvalue weighted by Gasteiger charge is -2.30. The van der Waals surface area contributed by atoms with Gasteiger partial charge in [0.05, 0.1) is 18.1 Å². The van der Waals surface area contributed by atoms with Crippen molar-refractivity contribution in [3.05, 3.63) is 0 Å². The van der Waals surface area contributed by atoms with Crippen LogP contribution in [0, 0.1) is 5.92 Å². The maximum atomic E-state index is 11.8. The molecule has 1 saturated carbocycles. The van der Waals surface area contributed by atoms with Crippen molar-refractivity contribution in [2.75, 3.05) is 13.2 Å². The van der Waals surface area contributed by atoms with E-state index in [4.69, 9.17) is 4.74 Å². The van der Waals surface area contributed by atoms with E-state index in [1.165, 1.54) is 12.8 Å². The van der Waals surface area contributed by atoms with E-state index in [9.17, 15) is 4.79 Å². The quantitative estimate of drug-likeness (QED) is 0.816. The van der Waals surface area contributed by atoms with Crippen molar-refractivity contribution in [3.63, 3.8) is 0 Å². The first-order valence-corrected chi connectivity index (χ1v) is 6.68. The molecule has 0 bridgehead atoms. The van der Waals surface area contributed by atoms with Crippen LogP contribution in [0.5, 0.6) is 0 Å². The number of nitrogens with zero attached hydrogens (tertiary/aromatic N) is 1. The number of nitrogens with one attached hydrogen (secondary N) is 1. The number of amides is 1. The highest BCUT2D eigenvalue weighted by atomic mass is 16.5. The van der Waals surface area contributed by atoms with Gasteiger partial charge in [0, 0.05) is 12.6 Å². The smallest absolute Gasteiger partial charge is 0.239 e. The van der Waals surface area contributed by atoms with Crippen molar-refractivity contribution >= 4 is 5.91 Å². The van der Waals surface area contributed by atoms with Crippen LogP contribution in [-0.4, -0.2) is 35.7 Å². The first kappa shape index (κ1) is 12.8. The molecule has 0 aromatic carbocycles. The van der Waals surface area contributed by atoms with Crippen molar-refractivity contribution in [2.45, 2.75) is 58.1 Å². The van der Waals surface area contributed by atoms with Crippen molar-refractivity contribution in [1.82, 2.24) is 10.4 Å². The third kappa shape index (κ3) is 3.19. The molecule has 2 atom stereocenters. The molecule has 2 aliphatic rings. The van der Waals surface area contributed by atoms with Crippen LogP contribution >= 0.6 is 0 Å². The van der Waals surface area contributed by atoms with E-state index in [0.717, 1.165) is 19.4 Å². The Morgan fingerprint density at radius 2 is 2.06 bits per heavy atom. The minimum absolute atomic E-state index is 0.101. The first-order chi connectivity index (χ1) is 7.97. The second kappa shape index (κ2) is 4.94. The summed E-state index contributed by atoms with van der Waals surface area (Å²) in [6.07, 6.45) is 4.62. The van der Waals surface area contributed by atoms with E-state index >= 15 is 0 Å². The summed E-state index contributed by atoms with van der Waals surface area (Å²) in [4.78, 5) is 11.8. The highest BCUT2D eigenvalue weighted by Crippen LogP contribution is 2.31. The minimum Gasteiger partial charge on any atom is -0.374 e. The Hall–Kier alpha value is -0.610. The van der Waals surface area contributed by atoms with Gasteiger partial charge in [-0.3, -0.25) is 10.2 Å². The lowest BCUT2D eigenvalue weighted by molar-refractivity contribution is -0.124. The van der Waals surface area contributed by atoms with Gasteiger partial charge in [-0.2, -0.15) is 0 Å². The second-order valence-electron chi connectivity index (χ2n) is 6.09. The molecule has 0 aromatic heterocycles. The Balaban J connectivity index is 1.83. The Kier molecular flexibility index (Phi) is 3.73. The third-order valence-electron chi connectivity index (χ3n) is 3.59. The molecule has 1 aliphatic heterocycles. The van der Waals surface area contributed by atoms with Crippen LogP contribution in [0.2, 0.25) is 0 Å². The van der Waals surface area contributed by atoms with Crippen molar-refractivity contribution in [3.8, 4) is 0 Å². The standard InChI is InChI=1S/C13H24N2O2/c1-13(2,3)17-9-8-15-11-7-5-4-6-10(11)12(16)14-15/h10-11H,4-9H2,1-3H3,(H,14,16). The molecule has 4 nitrogen and oxygen atoms in total. The lowest BCUT2D eigenvalue weighted by Crippen LogP contribution is -2.42. The molecule has 0 spiro atoms. The van der Waals surface area contributed by atoms with E-state index in [1.807, 2.05) is 0 Å². The monoisotopic (exact) mass is 240 g/mol. The Morgan fingerprint density at radius 3 is 2.76 bits per heavy atom. The zero-order chi connectivity index (χ0) is 12.5. The zero-order valence-corrected chi connectivity index (χ0v) is 11.2. The molecule has 2 rings (SSSR count). The summed E-state index contributed by atoms with van der Waals surface area (Å²) in [6, 6.07) is 0.403. The fraction of sp³-hybridized carbons (Fsp3) is 0.923. The molecular formula is C13H24N2O2. The van der Waals surface area contributed by atoms with Crippen LogP contribution in [0.15, 0.2) is 0 Å². The van der Waals surface area contributed by atoms with E-state index < -0.39 is 0 Å². The maximum Gasteiger partial charge on any atom is 0.239 e. The summed E-state index contributed by atoms with van der Waals surface area (Å²) < 4.78 is 5.71. The average Bonchev–Trinajstić information content (AvgIpc) is 2.55. The van der Waals surface area contributed by atoms with Crippen LogP contribution in [0.3, 0.4) is 0 Å². The Morgan fingerprint density at radius 1 is 1.35 bits per heavy atom. The normalized spacial score (nSPS) is 30.2.